The van der Waals surface area contributed by atoms with E-state index in [4.69, 9.17) is 31.8 Å². The van der Waals surface area contributed by atoms with Gasteiger partial charge in [-0.15, -0.1) is 0 Å². The lowest BCUT2D eigenvalue weighted by Gasteiger charge is -2.12. The first-order valence-electron chi connectivity index (χ1n) is 10.3. The second-order valence-corrected chi connectivity index (χ2v) is 7.22. The van der Waals surface area contributed by atoms with Crippen LogP contribution in [0.4, 0.5) is 17.6 Å². The number of rotatable bonds is 4. The summed E-state index contributed by atoms with van der Waals surface area (Å²) in [7, 11) is 0.916. The lowest BCUT2D eigenvalue weighted by atomic mass is 10.0. The summed E-state index contributed by atoms with van der Waals surface area (Å²) in [5, 5.41) is 6.73. The second kappa shape index (κ2) is 8.53. The Hall–Kier alpha value is -3.37. The highest BCUT2D eigenvalue weighted by molar-refractivity contribution is 6.33. The fourth-order valence-electron chi connectivity index (χ4n) is 3.10. The van der Waals surface area contributed by atoms with Crippen LogP contribution < -0.4 is 0 Å². The van der Waals surface area contributed by atoms with Gasteiger partial charge in [0.15, 0.2) is 11.5 Å². The first-order valence-corrected chi connectivity index (χ1v) is 9.58. The zero-order valence-corrected chi connectivity index (χ0v) is 17.7. The number of carbonyl (C=O) groups excluding carboxylic acids is 1. The minimum Gasteiger partial charge on any atom is -0.465 e. The summed E-state index contributed by atoms with van der Waals surface area (Å²) in [6.07, 6.45) is -4.27. The van der Waals surface area contributed by atoms with Gasteiger partial charge in [0.05, 0.1) is 39.3 Å². The summed E-state index contributed by atoms with van der Waals surface area (Å²) in [6, 6.07) is 2.75. The predicted molar refractivity (Wildman–Crippen MR) is 111 cm³/mol. The normalized spacial score (nSPS) is 12.9. The molecule has 2 heterocycles. The van der Waals surface area contributed by atoms with Crippen LogP contribution in [0.3, 0.4) is 0 Å². The molecule has 4 aromatic rings. The molecule has 0 aliphatic rings. The van der Waals surface area contributed by atoms with Crippen LogP contribution in [0.15, 0.2) is 53.1 Å². The monoisotopic (exact) mass is 502 g/mol. The minimum absolute atomic E-state index is 0.0572. The van der Waals surface area contributed by atoms with E-state index in [-0.39, 0.29) is 10.7 Å². The number of ether oxygens (including phenoxy) is 1. The van der Waals surface area contributed by atoms with Gasteiger partial charge in [0.25, 0.3) is 0 Å². The molecule has 170 valence electrons. The number of benzene rings is 2. The average molecular weight is 503 g/mol. The predicted octanol–water partition coefficient (Wildman–Crippen LogP) is 6.45. The van der Waals surface area contributed by atoms with Crippen LogP contribution in [0.1, 0.15) is 20.2 Å². The number of hydrogen-bond acceptors (Lipinski definition) is 5. The van der Waals surface area contributed by atoms with Gasteiger partial charge < -0.3 is 9.26 Å². The highest BCUT2D eigenvalue weighted by Gasteiger charge is 2.42. The van der Waals surface area contributed by atoms with Crippen molar-refractivity contribution in [3.63, 3.8) is 0 Å². The van der Waals surface area contributed by atoms with Crippen LogP contribution >= 0.6 is 23.2 Å². The first-order chi connectivity index (χ1) is 16.9. The minimum atomic E-state index is -5.03. The Morgan fingerprint density at radius 2 is 2.03 bits per heavy atom. The Morgan fingerprint density at radius 3 is 2.70 bits per heavy atom. The van der Waals surface area contributed by atoms with Crippen molar-refractivity contribution in [2.45, 2.75) is 6.18 Å². The van der Waals surface area contributed by atoms with Crippen LogP contribution in [0.2, 0.25) is 10.0 Å². The Labute approximate surface area is 197 Å². The molecule has 0 N–H and O–H groups in total. The van der Waals surface area contributed by atoms with Crippen molar-refractivity contribution in [2.24, 2.45) is 0 Å². The highest BCUT2D eigenvalue weighted by Crippen LogP contribution is 2.43. The number of methoxy groups -OCH3 is 1. The number of nitrogens with zero attached hydrogens (tertiary/aromatic N) is 3. The molecule has 0 radical (unpaired) electrons. The zero-order chi connectivity index (χ0) is 26.5. The number of halogens is 6. The molecule has 2 aromatic heterocycles. The van der Waals surface area contributed by atoms with E-state index in [1.807, 2.05) is 0 Å². The number of aromatic nitrogens is 3. The van der Waals surface area contributed by atoms with E-state index in [2.05, 4.69) is 15.0 Å². The summed E-state index contributed by atoms with van der Waals surface area (Å²) in [4.78, 5) is 12.7. The quantitative estimate of drug-likeness (QED) is 0.237. The molecule has 0 bridgehead atoms. The lowest BCUT2D eigenvalue weighted by molar-refractivity contribution is -0.142. The number of esters is 1. The molecule has 6 nitrogen and oxygen atoms in total. The largest absolute Gasteiger partial charge is 0.465 e. The van der Waals surface area contributed by atoms with Gasteiger partial charge in [-0.05, 0) is 30.3 Å². The fraction of sp³-hybridized carbons (Fsp3) is 0.0952. The Morgan fingerprint density at radius 1 is 1.27 bits per heavy atom. The van der Waals surface area contributed by atoms with Crippen molar-refractivity contribution in [2.75, 3.05) is 7.11 Å². The topological polar surface area (TPSA) is 70.2 Å². The van der Waals surface area contributed by atoms with E-state index < -0.39 is 75.0 Å². The maximum absolute atomic E-state index is 15.0. The molecule has 0 aliphatic heterocycles. The maximum Gasteiger partial charge on any atom is 0.434 e. The van der Waals surface area contributed by atoms with Gasteiger partial charge in [-0.2, -0.15) is 18.3 Å². The van der Waals surface area contributed by atoms with Crippen molar-refractivity contribution in [1.29, 1.82) is 0 Å². The third-order valence-corrected chi connectivity index (χ3v) is 4.96. The van der Waals surface area contributed by atoms with Crippen LogP contribution in [0, 0.1) is 5.82 Å². The van der Waals surface area contributed by atoms with Crippen molar-refractivity contribution in [3.8, 4) is 28.3 Å². The highest BCUT2D eigenvalue weighted by atomic mass is 35.5. The zero-order valence-electron chi connectivity index (χ0n) is 19.2. The first kappa shape index (κ1) is 19.1. The van der Waals surface area contributed by atoms with E-state index in [0.717, 1.165) is 13.3 Å². The Bertz CT molecular complexity index is 1490. The molecule has 0 fully saturated rings. The van der Waals surface area contributed by atoms with Gasteiger partial charge in [0.1, 0.15) is 17.1 Å². The molecule has 12 heteroatoms. The molecule has 33 heavy (non-hydrogen) atoms. The summed E-state index contributed by atoms with van der Waals surface area (Å²) < 4.78 is 91.0. The smallest absolute Gasteiger partial charge is 0.434 e. The van der Waals surface area contributed by atoms with Gasteiger partial charge in [-0.25, -0.2) is 13.9 Å². The van der Waals surface area contributed by atoms with Crippen molar-refractivity contribution in [1.82, 2.24) is 14.9 Å². The van der Waals surface area contributed by atoms with Gasteiger partial charge in [0.2, 0.25) is 0 Å². The van der Waals surface area contributed by atoms with Crippen LogP contribution in [-0.2, 0) is 10.9 Å². The SMILES string of the molecule is [2H]c1c([2H])c(F)c(-c2noc(-c3cnn(-c4cccc(Cl)c4)c3C(F)(F)F)c2C(=O)OC)c(Cl)c1[2H]. The maximum atomic E-state index is 15.0. The molecule has 0 spiro atoms. The fourth-order valence-corrected chi connectivity index (χ4v) is 3.50. The number of carbonyl (C=O) groups is 1. The second-order valence-electron chi connectivity index (χ2n) is 6.40. The molecule has 0 amide bonds. The van der Waals surface area contributed by atoms with Gasteiger partial charge in [-0.3, -0.25) is 0 Å². The number of alkyl halides is 3. The standard InChI is InChI=1S/C21H11Cl2F4N3O3/c1-32-20(31)16-17(15-13(23)6-3-7-14(15)24)29-33-18(16)12-9-28-30(19(12)21(25,26)27)11-5-2-4-10(22)8-11/h2-9H,1H3/i3D,6D,7D. The van der Waals surface area contributed by atoms with Gasteiger partial charge in [0, 0.05) is 5.02 Å². The summed E-state index contributed by atoms with van der Waals surface area (Å²) in [5.41, 5.74) is -4.43. The molecule has 0 aliphatic carbocycles. The van der Waals surface area contributed by atoms with Crippen LogP contribution in [0.5, 0.6) is 0 Å². The Balaban J connectivity index is 2.05. The van der Waals surface area contributed by atoms with Crippen LogP contribution in [0.25, 0.3) is 28.3 Å². The van der Waals surface area contributed by atoms with Crippen molar-refractivity contribution >= 4 is 29.2 Å². The summed E-state index contributed by atoms with van der Waals surface area (Å²) in [6.45, 7) is 0. The Kier molecular flexibility index (Phi) is 4.94. The lowest BCUT2D eigenvalue weighted by Crippen LogP contribution is -2.15. The molecular formula is C21H11Cl2F4N3O3. The molecule has 4 rings (SSSR count). The third-order valence-electron chi connectivity index (χ3n) is 4.44. The molecular weight excluding hydrogens is 489 g/mol. The molecule has 2 aromatic carbocycles. The van der Waals surface area contributed by atoms with E-state index >= 15 is 0 Å². The molecule has 0 saturated heterocycles. The number of hydrogen-bond donors (Lipinski definition) is 0. The third kappa shape index (κ3) is 4.07. The van der Waals surface area contributed by atoms with E-state index in [1.165, 1.54) is 24.3 Å². The molecule has 0 unspecified atom stereocenters. The average Bonchev–Trinajstić information content (AvgIpc) is 3.46. The summed E-state index contributed by atoms with van der Waals surface area (Å²) in [5.74, 6) is -3.48. The molecule has 0 saturated carbocycles. The summed E-state index contributed by atoms with van der Waals surface area (Å²) >= 11 is 11.9. The van der Waals surface area contributed by atoms with E-state index in [9.17, 15) is 22.4 Å². The molecule has 0 atom stereocenters. The van der Waals surface area contributed by atoms with Crippen molar-refractivity contribution < 1.29 is 35.7 Å². The van der Waals surface area contributed by atoms with Gasteiger partial charge >= 0.3 is 12.1 Å². The van der Waals surface area contributed by atoms with Gasteiger partial charge in [-0.1, -0.05) is 40.5 Å². The van der Waals surface area contributed by atoms with Crippen LogP contribution in [-0.4, -0.2) is 28.0 Å². The van der Waals surface area contributed by atoms with E-state index in [0.29, 0.717) is 4.68 Å². The van der Waals surface area contributed by atoms with Crippen molar-refractivity contribution in [3.05, 3.63) is 75.7 Å². The van der Waals surface area contributed by atoms with E-state index in [1.54, 1.807) is 0 Å².